The SMILES string of the molecule is CCCC(CCC)=C(Br)C(F)Br. The highest BCUT2D eigenvalue weighted by molar-refractivity contribution is 9.14. The van der Waals surface area contributed by atoms with Crippen molar-refractivity contribution in [2.75, 3.05) is 0 Å². The van der Waals surface area contributed by atoms with Gasteiger partial charge in [-0.15, -0.1) is 0 Å². The third-order valence-electron chi connectivity index (χ3n) is 1.63. The van der Waals surface area contributed by atoms with Gasteiger partial charge in [0.15, 0.2) is 5.08 Å². The average Bonchev–Trinajstić information content (AvgIpc) is 2.03. The number of halogens is 3. The monoisotopic (exact) mass is 300 g/mol. The molecule has 0 N–H and O–H groups in total. The Labute approximate surface area is 90.9 Å². The lowest BCUT2D eigenvalue weighted by Crippen LogP contribution is -1.94. The van der Waals surface area contributed by atoms with E-state index in [2.05, 4.69) is 45.7 Å². The molecule has 0 aromatic rings. The summed E-state index contributed by atoms with van der Waals surface area (Å²) in [5, 5.41) is -1.04. The van der Waals surface area contributed by atoms with Gasteiger partial charge in [-0.05, 0) is 28.8 Å². The summed E-state index contributed by atoms with van der Waals surface area (Å²) in [4.78, 5) is 0. The molecule has 0 amide bonds. The molecule has 0 aromatic carbocycles. The van der Waals surface area contributed by atoms with Crippen molar-refractivity contribution >= 4 is 31.9 Å². The van der Waals surface area contributed by atoms with Crippen molar-refractivity contribution in [3.05, 3.63) is 10.1 Å². The molecular formula is C9H15Br2F. The van der Waals surface area contributed by atoms with E-state index in [4.69, 9.17) is 0 Å². The number of allylic oxidation sites excluding steroid dienone is 2. The molecule has 1 unspecified atom stereocenters. The topological polar surface area (TPSA) is 0 Å². The van der Waals surface area contributed by atoms with Crippen LogP contribution in [0.1, 0.15) is 39.5 Å². The van der Waals surface area contributed by atoms with Crippen molar-refractivity contribution in [1.82, 2.24) is 0 Å². The van der Waals surface area contributed by atoms with E-state index in [1.807, 2.05) is 0 Å². The predicted octanol–water partition coefficient (Wildman–Crippen LogP) is 4.93. The zero-order valence-corrected chi connectivity index (χ0v) is 10.7. The van der Waals surface area contributed by atoms with Crippen molar-refractivity contribution in [2.45, 2.75) is 44.6 Å². The molecule has 0 fully saturated rings. The largest absolute Gasteiger partial charge is 0.229 e. The number of hydrogen-bond donors (Lipinski definition) is 0. The standard InChI is InChI=1S/C9H15Br2F/c1-3-5-7(6-4-2)8(10)9(11)12/h9H,3-6H2,1-2H3. The van der Waals surface area contributed by atoms with Crippen molar-refractivity contribution in [1.29, 1.82) is 0 Å². The average molecular weight is 302 g/mol. The second-order valence-corrected chi connectivity index (χ2v) is 4.41. The van der Waals surface area contributed by atoms with Gasteiger partial charge in [-0.1, -0.05) is 48.2 Å². The number of rotatable bonds is 5. The molecule has 0 spiro atoms. The number of alkyl halides is 2. The molecule has 0 heterocycles. The quantitative estimate of drug-likeness (QED) is 0.632. The molecule has 0 rings (SSSR count). The predicted molar refractivity (Wildman–Crippen MR) is 59.6 cm³/mol. The summed E-state index contributed by atoms with van der Waals surface area (Å²) < 4.78 is 13.5. The van der Waals surface area contributed by atoms with Crippen LogP contribution in [-0.4, -0.2) is 5.08 Å². The lowest BCUT2D eigenvalue weighted by molar-refractivity contribution is 0.520. The Morgan fingerprint density at radius 3 is 1.92 bits per heavy atom. The van der Waals surface area contributed by atoms with Crippen LogP contribution < -0.4 is 0 Å². The first-order valence-corrected chi connectivity index (χ1v) is 5.99. The molecule has 0 bridgehead atoms. The summed E-state index contributed by atoms with van der Waals surface area (Å²) in [7, 11) is 0. The van der Waals surface area contributed by atoms with Crippen molar-refractivity contribution in [3.63, 3.8) is 0 Å². The Balaban J connectivity index is 4.32. The van der Waals surface area contributed by atoms with Crippen LogP contribution in [0.15, 0.2) is 10.1 Å². The maximum Gasteiger partial charge on any atom is 0.186 e. The van der Waals surface area contributed by atoms with Crippen LogP contribution in [0.5, 0.6) is 0 Å². The molecule has 0 saturated carbocycles. The molecule has 0 saturated heterocycles. The van der Waals surface area contributed by atoms with Gasteiger partial charge in [-0.25, -0.2) is 4.39 Å². The molecule has 12 heavy (non-hydrogen) atoms. The normalized spacial score (nSPS) is 12.8. The molecule has 0 aromatic heterocycles. The Hall–Kier alpha value is 0.630. The first kappa shape index (κ1) is 12.6. The maximum atomic E-state index is 12.8. The van der Waals surface area contributed by atoms with Gasteiger partial charge in [-0.2, -0.15) is 0 Å². The van der Waals surface area contributed by atoms with Gasteiger partial charge in [0, 0.05) is 4.48 Å². The van der Waals surface area contributed by atoms with Gasteiger partial charge in [0.05, 0.1) is 0 Å². The first-order valence-electron chi connectivity index (χ1n) is 4.29. The summed E-state index contributed by atoms with van der Waals surface area (Å²) in [5.41, 5.74) is 1.20. The van der Waals surface area contributed by atoms with Crippen LogP contribution in [0.4, 0.5) is 4.39 Å². The first-order chi connectivity index (χ1) is 5.63. The van der Waals surface area contributed by atoms with Crippen LogP contribution in [-0.2, 0) is 0 Å². The van der Waals surface area contributed by atoms with E-state index in [9.17, 15) is 4.39 Å². The van der Waals surface area contributed by atoms with Gasteiger partial charge >= 0.3 is 0 Å². The van der Waals surface area contributed by atoms with E-state index in [1.54, 1.807) is 0 Å². The highest BCUT2D eigenvalue weighted by Gasteiger charge is 2.10. The van der Waals surface area contributed by atoms with E-state index in [-0.39, 0.29) is 0 Å². The minimum atomic E-state index is -1.04. The fourth-order valence-electron chi connectivity index (χ4n) is 1.12. The molecule has 0 aliphatic heterocycles. The van der Waals surface area contributed by atoms with Crippen LogP contribution in [0.25, 0.3) is 0 Å². The second-order valence-electron chi connectivity index (χ2n) is 2.75. The summed E-state index contributed by atoms with van der Waals surface area (Å²) in [6.07, 6.45) is 4.12. The molecular weight excluding hydrogens is 287 g/mol. The van der Waals surface area contributed by atoms with E-state index in [1.165, 1.54) is 5.57 Å². The third kappa shape index (κ3) is 4.61. The molecule has 1 atom stereocenters. The van der Waals surface area contributed by atoms with Gasteiger partial charge in [0.1, 0.15) is 0 Å². The summed E-state index contributed by atoms with van der Waals surface area (Å²) >= 11 is 6.18. The number of hydrogen-bond acceptors (Lipinski definition) is 0. The highest BCUT2D eigenvalue weighted by atomic mass is 79.9. The van der Waals surface area contributed by atoms with E-state index >= 15 is 0 Å². The zero-order valence-electron chi connectivity index (χ0n) is 7.54. The van der Waals surface area contributed by atoms with Gasteiger partial charge in [0.25, 0.3) is 0 Å². The van der Waals surface area contributed by atoms with Crippen LogP contribution in [0.3, 0.4) is 0 Å². The van der Waals surface area contributed by atoms with E-state index in [0.717, 1.165) is 25.7 Å². The summed E-state index contributed by atoms with van der Waals surface area (Å²) in [6.45, 7) is 4.22. The Morgan fingerprint density at radius 2 is 1.67 bits per heavy atom. The lowest BCUT2D eigenvalue weighted by atomic mass is 10.1. The molecule has 0 radical (unpaired) electrons. The molecule has 0 aliphatic carbocycles. The molecule has 0 nitrogen and oxygen atoms in total. The zero-order chi connectivity index (χ0) is 9.56. The minimum Gasteiger partial charge on any atom is -0.229 e. The minimum absolute atomic E-state index is 0.686. The van der Waals surface area contributed by atoms with Gasteiger partial charge in [0.2, 0.25) is 0 Å². The van der Waals surface area contributed by atoms with Gasteiger partial charge < -0.3 is 0 Å². The molecule has 3 heteroatoms. The smallest absolute Gasteiger partial charge is 0.186 e. The summed E-state index contributed by atoms with van der Waals surface area (Å²) in [6, 6.07) is 0. The highest BCUT2D eigenvalue weighted by Crippen LogP contribution is 2.28. The molecule has 0 aliphatic rings. The van der Waals surface area contributed by atoms with Crippen LogP contribution in [0.2, 0.25) is 0 Å². The van der Waals surface area contributed by atoms with Crippen molar-refractivity contribution < 1.29 is 4.39 Å². The fraction of sp³-hybridized carbons (Fsp3) is 0.778. The maximum absolute atomic E-state index is 12.8. The van der Waals surface area contributed by atoms with E-state index in [0.29, 0.717) is 4.48 Å². The van der Waals surface area contributed by atoms with E-state index < -0.39 is 5.08 Å². The van der Waals surface area contributed by atoms with Crippen LogP contribution in [0, 0.1) is 0 Å². The fourth-order valence-corrected chi connectivity index (χ4v) is 1.84. The Kier molecular flexibility index (Phi) is 7.45. The van der Waals surface area contributed by atoms with Crippen LogP contribution >= 0.6 is 31.9 Å². The summed E-state index contributed by atoms with van der Waals surface area (Å²) in [5.74, 6) is 0. The van der Waals surface area contributed by atoms with Gasteiger partial charge in [-0.3, -0.25) is 0 Å². The third-order valence-corrected chi connectivity index (χ3v) is 3.67. The Bertz CT molecular complexity index is 145. The van der Waals surface area contributed by atoms with Crippen molar-refractivity contribution in [2.24, 2.45) is 0 Å². The second kappa shape index (κ2) is 7.07. The Morgan fingerprint density at radius 1 is 1.25 bits per heavy atom. The van der Waals surface area contributed by atoms with Crippen molar-refractivity contribution in [3.8, 4) is 0 Å². The molecule has 72 valence electrons. The lowest BCUT2D eigenvalue weighted by Gasteiger charge is -2.08.